The number of para-hydroxylation sites is 1. The SMILES string of the molecule is CNc1cc(Nc2cccc(-c3ncccc3C=O)c2OC)nn2c(-c3cn(C(C)C)nn3)cnc12. The smallest absolute Gasteiger partial charge is 0.177 e. The Balaban J connectivity index is 1.60. The minimum absolute atomic E-state index is 0.182. The van der Waals surface area contributed by atoms with Crippen LogP contribution in [-0.2, 0) is 0 Å². The molecule has 0 unspecified atom stereocenters. The van der Waals surface area contributed by atoms with Crippen LogP contribution in [-0.4, -0.2) is 55.0 Å². The number of carbonyl (C=O) groups excluding carboxylic acids is 1. The second-order valence-electron chi connectivity index (χ2n) is 8.32. The number of nitrogens with zero attached hydrogens (tertiary/aromatic N) is 7. The topological polar surface area (TPSA) is 124 Å². The predicted molar refractivity (Wildman–Crippen MR) is 137 cm³/mol. The zero-order valence-corrected chi connectivity index (χ0v) is 20.3. The Bertz CT molecular complexity index is 1550. The molecule has 36 heavy (non-hydrogen) atoms. The van der Waals surface area contributed by atoms with Crippen molar-refractivity contribution >= 4 is 29.1 Å². The summed E-state index contributed by atoms with van der Waals surface area (Å²) in [4.78, 5) is 20.5. The number of carbonyl (C=O) groups is 1. The van der Waals surface area contributed by atoms with E-state index in [2.05, 4.69) is 30.9 Å². The summed E-state index contributed by atoms with van der Waals surface area (Å²) in [6.07, 6.45) is 6.03. The first kappa shape index (κ1) is 23.0. The summed E-state index contributed by atoms with van der Waals surface area (Å²) in [5.41, 5.74) is 5.17. The van der Waals surface area contributed by atoms with E-state index in [-0.39, 0.29) is 6.04 Å². The lowest BCUT2D eigenvalue weighted by atomic mass is 10.0. The van der Waals surface area contributed by atoms with Gasteiger partial charge in [0.1, 0.15) is 11.4 Å². The maximum atomic E-state index is 11.6. The normalized spacial score (nSPS) is 11.1. The number of hydrogen-bond acceptors (Lipinski definition) is 9. The van der Waals surface area contributed by atoms with Crippen molar-refractivity contribution < 1.29 is 9.53 Å². The number of anilines is 3. The number of fused-ring (bicyclic) bond motifs is 1. The molecule has 0 bridgehead atoms. The van der Waals surface area contributed by atoms with E-state index in [4.69, 9.17) is 9.84 Å². The van der Waals surface area contributed by atoms with Gasteiger partial charge in [-0.2, -0.15) is 0 Å². The van der Waals surface area contributed by atoms with Crippen LogP contribution in [0.25, 0.3) is 28.3 Å². The molecule has 11 nitrogen and oxygen atoms in total. The van der Waals surface area contributed by atoms with Gasteiger partial charge in [0.2, 0.25) is 0 Å². The van der Waals surface area contributed by atoms with Crippen LogP contribution in [0.4, 0.5) is 17.2 Å². The number of imidazole rings is 1. The molecule has 5 rings (SSSR count). The number of ether oxygens (including phenoxy) is 1. The summed E-state index contributed by atoms with van der Waals surface area (Å²) in [6, 6.07) is 11.1. The minimum atomic E-state index is 0.182. The van der Waals surface area contributed by atoms with Crippen molar-refractivity contribution in [2.24, 2.45) is 0 Å². The molecule has 0 radical (unpaired) electrons. The predicted octanol–water partition coefficient (Wildman–Crippen LogP) is 4.24. The number of aldehydes is 1. The third kappa shape index (κ3) is 4.00. The highest BCUT2D eigenvalue weighted by Crippen LogP contribution is 2.38. The molecular formula is C25H25N9O2. The number of pyridine rings is 1. The van der Waals surface area contributed by atoms with Crippen molar-refractivity contribution in [1.82, 2.24) is 34.6 Å². The average molecular weight is 484 g/mol. The van der Waals surface area contributed by atoms with Crippen LogP contribution in [0, 0.1) is 0 Å². The molecule has 1 aromatic carbocycles. The minimum Gasteiger partial charge on any atom is -0.494 e. The van der Waals surface area contributed by atoms with Gasteiger partial charge in [0.05, 0.1) is 36.6 Å². The van der Waals surface area contributed by atoms with Gasteiger partial charge < -0.3 is 15.4 Å². The van der Waals surface area contributed by atoms with Gasteiger partial charge in [-0.3, -0.25) is 9.78 Å². The molecule has 5 aromatic rings. The maximum Gasteiger partial charge on any atom is 0.177 e. The van der Waals surface area contributed by atoms with Crippen LogP contribution in [0.5, 0.6) is 5.75 Å². The fourth-order valence-electron chi connectivity index (χ4n) is 3.95. The number of rotatable bonds is 8. The van der Waals surface area contributed by atoms with E-state index in [0.29, 0.717) is 51.1 Å². The zero-order valence-electron chi connectivity index (χ0n) is 20.3. The Labute approximate surface area is 207 Å². The molecule has 0 aliphatic carbocycles. The summed E-state index contributed by atoms with van der Waals surface area (Å²) in [5, 5.41) is 19.8. The highest BCUT2D eigenvalue weighted by molar-refractivity contribution is 5.89. The van der Waals surface area contributed by atoms with Gasteiger partial charge in [-0.1, -0.05) is 11.3 Å². The van der Waals surface area contributed by atoms with E-state index in [0.717, 1.165) is 12.0 Å². The van der Waals surface area contributed by atoms with Gasteiger partial charge in [-0.25, -0.2) is 14.2 Å². The lowest BCUT2D eigenvalue weighted by molar-refractivity contribution is 0.112. The molecule has 0 spiro atoms. The first-order chi connectivity index (χ1) is 17.5. The lowest BCUT2D eigenvalue weighted by Crippen LogP contribution is -2.05. The molecule has 182 valence electrons. The van der Waals surface area contributed by atoms with Crippen molar-refractivity contribution in [2.45, 2.75) is 19.9 Å². The lowest BCUT2D eigenvalue weighted by Gasteiger charge is -2.16. The summed E-state index contributed by atoms with van der Waals surface area (Å²) >= 11 is 0. The number of hydrogen-bond donors (Lipinski definition) is 2. The van der Waals surface area contributed by atoms with E-state index in [9.17, 15) is 4.79 Å². The number of aromatic nitrogens is 7. The Kier molecular flexibility index (Phi) is 6.03. The summed E-state index contributed by atoms with van der Waals surface area (Å²) in [6.45, 7) is 4.08. The Morgan fingerprint density at radius 2 is 1.97 bits per heavy atom. The van der Waals surface area contributed by atoms with E-state index in [1.807, 2.05) is 51.4 Å². The highest BCUT2D eigenvalue weighted by atomic mass is 16.5. The van der Waals surface area contributed by atoms with Gasteiger partial charge in [-0.05, 0) is 38.1 Å². The summed E-state index contributed by atoms with van der Waals surface area (Å²) < 4.78 is 9.26. The monoisotopic (exact) mass is 483 g/mol. The molecule has 0 saturated carbocycles. The van der Waals surface area contributed by atoms with Gasteiger partial charge in [-0.15, -0.1) is 10.2 Å². The van der Waals surface area contributed by atoms with Gasteiger partial charge >= 0.3 is 0 Å². The number of methoxy groups -OCH3 is 1. The van der Waals surface area contributed by atoms with Crippen LogP contribution in [0.3, 0.4) is 0 Å². The quantitative estimate of drug-likeness (QED) is 0.312. The molecule has 2 N–H and O–H groups in total. The van der Waals surface area contributed by atoms with Crippen molar-refractivity contribution in [2.75, 3.05) is 24.8 Å². The fourth-order valence-corrected chi connectivity index (χ4v) is 3.95. The van der Waals surface area contributed by atoms with E-state index < -0.39 is 0 Å². The van der Waals surface area contributed by atoms with Crippen molar-refractivity contribution in [1.29, 1.82) is 0 Å². The van der Waals surface area contributed by atoms with Gasteiger partial charge in [0.25, 0.3) is 0 Å². The largest absolute Gasteiger partial charge is 0.494 e. The third-order valence-electron chi connectivity index (χ3n) is 5.74. The van der Waals surface area contributed by atoms with Crippen LogP contribution >= 0.6 is 0 Å². The van der Waals surface area contributed by atoms with Crippen LogP contribution in [0.15, 0.2) is 55.0 Å². The molecule has 0 fully saturated rings. The summed E-state index contributed by atoms with van der Waals surface area (Å²) in [7, 11) is 3.40. The highest BCUT2D eigenvalue weighted by Gasteiger charge is 2.18. The molecule has 11 heteroatoms. The molecule has 0 atom stereocenters. The molecule has 4 aromatic heterocycles. The first-order valence-corrected chi connectivity index (χ1v) is 11.4. The van der Waals surface area contributed by atoms with Crippen molar-refractivity contribution in [3.8, 4) is 28.4 Å². The van der Waals surface area contributed by atoms with Gasteiger partial charge in [0, 0.05) is 36.5 Å². The molecule has 0 saturated heterocycles. The number of nitrogens with one attached hydrogen (secondary N) is 2. The van der Waals surface area contributed by atoms with E-state index in [1.54, 1.807) is 40.8 Å². The maximum absolute atomic E-state index is 11.6. The first-order valence-electron chi connectivity index (χ1n) is 11.4. The molecule has 0 aliphatic heterocycles. The number of benzene rings is 1. The van der Waals surface area contributed by atoms with E-state index in [1.165, 1.54) is 0 Å². The van der Waals surface area contributed by atoms with Crippen LogP contribution in [0.2, 0.25) is 0 Å². The van der Waals surface area contributed by atoms with E-state index >= 15 is 0 Å². The molecule has 4 heterocycles. The molecule has 0 amide bonds. The fraction of sp³-hybridized carbons (Fsp3) is 0.200. The summed E-state index contributed by atoms with van der Waals surface area (Å²) in [5.74, 6) is 1.09. The second-order valence-corrected chi connectivity index (χ2v) is 8.32. The molecule has 0 aliphatic rings. The van der Waals surface area contributed by atoms with Crippen LogP contribution in [0.1, 0.15) is 30.2 Å². The van der Waals surface area contributed by atoms with Gasteiger partial charge in [0.15, 0.2) is 23.5 Å². The molecular weight excluding hydrogens is 458 g/mol. The Morgan fingerprint density at radius 3 is 2.69 bits per heavy atom. The Morgan fingerprint density at radius 1 is 1.11 bits per heavy atom. The Hall–Kier alpha value is -4.80. The standard InChI is InChI=1S/C25H25N9O2/c1-15(2)33-13-20(30-32-33)21-12-28-25-19(26-3)11-22(31-34(21)25)29-18-9-5-8-17(24(18)36-4)23-16(14-35)7-6-10-27-23/h5-15,26H,1-4H3,(H,29,31). The average Bonchev–Trinajstić information content (AvgIpc) is 3.55. The van der Waals surface area contributed by atoms with Crippen molar-refractivity contribution in [3.63, 3.8) is 0 Å². The van der Waals surface area contributed by atoms with Crippen LogP contribution < -0.4 is 15.4 Å². The second kappa shape index (κ2) is 9.45. The zero-order chi connectivity index (χ0) is 25.2. The third-order valence-corrected chi connectivity index (χ3v) is 5.74. The van der Waals surface area contributed by atoms with Crippen molar-refractivity contribution in [3.05, 3.63) is 60.6 Å².